The Morgan fingerprint density at radius 1 is 0.846 bits per heavy atom. The number of halogens is 1. The highest BCUT2D eigenvalue weighted by Crippen LogP contribution is 2.47. The number of anilines is 1. The highest BCUT2D eigenvalue weighted by Gasteiger charge is 2.63. The van der Waals surface area contributed by atoms with Crippen LogP contribution in [0.5, 0.6) is 5.75 Å². The summed E-state index contributed by atoms with van der Waals surface area (Å²) >= 11 is 3.44. The summed E-state index contributed by atoms with van der Waals surface area (Å²) in [5, 5.41) is 0. The molecule has 0 unspecified atom stereocenters. The van der Waals surface area contributed by atoms with E-state index in [-0.39, 0.29) is 17.5 Å². The van der Waals surface area contributed by atoms with Gasteiger partial charge in [-0.2, -0.15) is 0 Å². The Morgan fingerprint density at radius 2 is 1.51 bits per heavy atom. The maximum Gasteiger partial charge on any atom is 0.240 e. The van der Waals surface area contributed by atoms with Crippen LogP contribution in [0.3, 0.4) is 0 Å². The first-order valence-electron chi connectivity index (χ1n) is 12.5. The number of ether oxygens (including phenoxy) is 1. The Balaban J connectivity index is 1.43. The van der Waals surface area contributed by atoms with E-state index < -0.39 is 29.8 Å². The Kier molecular flexibility index (Phi) is 6.27. The van der Waals surface area contributed by atoms with Crippen molar-refractivity contribution in [1.29, 1.82) is 0 Å². The zero-order chi connectivity index (χ0) is 27.3. The van der Waals surface area contributed by atoms with Crippen LogP contribution >= 0.6 is 15.9 Å². The second-order valence-electron chi connectivity index (χ2n) is 9.63. The van der Waals surface area contributed by atoms with Gasteiger partial charge < -0.3 is 9.64 Å². The second kappa shape index (κ2) is 9.78. The van der Waals surface area contributed by atoms with E-state index in [4.69, 9.17) is 4.74 Å². The average molecular weight is 583 g/mol. The minimum absolute atomic E-state index is 0.186. The molecule has 2 saturated heterocycles. The van der Waals surface area contributed by atoms with Crippen LogP contribution in [0.4, 0.5) is 5.69 Å². The zero-order valence-corrected chi connectivity index (χ0v) is 22.4. The topological polar surface area (TPSA) is 84.0 Å². The van der Waals surface area contributed by atoms with Crippen molar-refractivity contribution in [1.82, 2.24) is 4.90 Å². The molecular weight excluding hydrogens is 560 g/mol. The first-order valence-corrected chi connectivity index (χ1v) is 13.3. The minimum Gasteiger partial charge on any atom is -0.496 e. The van der Waals surface area contributed by atoms with Gasteiger partial charge in [0, 0.05) is 22.9 Å². The average Bonchev–Trinajstić information content (AvgIpc) is 3.44. The molecule has 0 aliphatic carbocycles. The smallest absolute Gasteiger partial charge is 0.240 e. The molecule has 3 aliphatic rings. The maximum atomic E-state index is 14.0. The molecule has 4 atom stereocenters. The first-order chi connectivity index (χ1) is 18.9. The third-order valence-electron chi connectivity index (χ3n) is 7.57. The van der Waals surface area contributed by atoms with Gasteiger partial charge in [0.2, 0.25) is 11.8 Å². The van der Waals surface area contributed by atoms with Crippen LogP contribution in [0, 0.1) is 11.8 Å². The summed E-state index contributed by atoms with van der Waals surface area (Å²) in [5.74, 6) is -2.44. The molecule has 3 aromatic rings. The monoisotopic (exact) mass is 582 g/mol. The van der Waals surface area contributed by atoms with Gasteiger partial charge in [-0.25, -0.2) is 4.90 Å². The molecule has 3 heterocycles. The van der Waals surface area contributed by atoms with Crippen molar-refractivity contribution >= 4 is 45.0 Å². The van der Waals surface area contributed by atoms with Gasteiger partial charge in [0.25, 0.3) is 0 Å². The predicted molar refractivity (Wildman–Crippen MR) is 148 cm³/mol. The number of imide groups is 1. The van der Waals surface area contributed by atoms with E-state index in [0.717, 1.165) is 0 Å². The van der Waals surface area contributed by atoms with E-state index in [2.05, 4.69) is 15.9 Å². The number of hydrogen-bond donors (Lipinski definition) is 0. The van der Waals surface area contributed by atoms with Crippen molar-refractivity contribution in [3.05, 3.63) is 118 Å². The lowest BCUT2D eigenvalue weighted by molar-refractivity contribution is -0.123. The highest BCUT2D eigenvalue weighted by atomic mass is 79.9. The second-order valence-corrected chi connectivity index (χ2v) is 10.5. The Bertz CT molecular complexity index is 1570. The summed E-state index contributed by atoms with van der Waals surface area (Å²) in [5.41, 5.74) is 1.78. The summed E-state index contributed by atoms with van der Waals surface area (Å²) in [6.45, 7) is 0. The largest absolute Gasteiger partial charge is 0.496 e. The van der Waals surface area contributed by atoms with E-state index in [0.29, 0.717) is 32.6 Å². The van der Waals surface area contributed by atoms with E-state index in [1.54, 1.807) is 96.0 Å². The number of rotatable bonds is 6. The number of hydrogen-bond acceptors (Lipinski definition) is 6. The minimum atomic E-state index is -0.925. The molecule has 0 saturated carbocycles. The van der Waals surface area contributed by atoms with Crippen LogP contribution in [-0.4, -0.2) is 47.5 Å². The Morgan fingerprint density at radius 3 is 2.18 bits per heavy atom. The predicted octanol–water partition coefficient (Wildman–Crippen LogP) is 4.84. The van der Waals surface area contributed by atoms with Gasteiger partial charge >= 0.3 is 0 Å². The standard InChI is InChI=1S/C31H23BrN2O5/c1-39-24-13-12-19(16-22(24)32)29(36)27-26-25(30(37)34(31(26)38)21-10-6-3-7-11-21)23-17-20(14-15-33(23)27)28(35)18-8-4-2-5-9-18/h2-17,23,25-27H,1H3/t23-,25-,26-,27+/m1/s1. The number of methoxy groups -OCH3 is 1. The Labute approximate surface area is 233 Å². The summed E-state index contributed by atoms with van der Waals surface area (Å²) in [6.07, 6.45) is 5.05. The van der Waals surface area contributed by atoms with E-state index in [9.17, 15) is 19.2 Å². The zero-order valence-electron chi connectivity index (χ0n) is 20.9. The number of allylic oxidation sites excluding steroid dienone is 2. The molecule has 0 aromatic heterocycles. The SMILES string of the molecule is COc1ccc(C(=O)[C@@H]2[C@@H]3C(=O)N(c4ccccc4)C(=O)[C@@H]3[C@H]3C=C(C(=O)c4ccccc4)C=CN32)cc1Br. The lowest BCUT2D eigenvalue weighted by Gasteiger charge is -2.32. The molecule has 2 fully saturated rings. The van der Waals surface area contributed by atoms with Gasteiger partial charge in [-0.3, -0.25) is 19.2 Å². The molecule has 2 amide bonds. The number of fused-ring (bicyclic) bond motifs is 3. The molecule has 8 heteroatoms. The Hall–Kier alpha value is -4.30. The number of benzene rings is 3. The molecule has 0 radical (unpaired) electrons. The van der Waals surface area contributed by atoms with Crippen LogP contribution in [0.2, 0.25) is 0 Å². The van der Waals surface area contributed by atoms with Gasteiger partial charge in [0.15, 0.2) is 11.6 Å². The van der Waals surface area contributed by atoms with Crippen LogP contribution in [0.1, 0.15) is 20.7 Å². The van der Waals surface area contributed by atoms with Gasteiger partial charge in [0.1, 0.15) is 11.8 Å². The van der Waals surface area contributed by atoms with Crippen LogP contribution < -0.4 is 9.64 Å². The number of ketones is 2. The van der Waals surface area contributed by atoms with Gasteiger partial charge in [-0.15, -0.1) is 0 Å². The number of para-hydroxylation sites is 1. The van der Waals surface area contributed by atoms with Gasteiger partial charge in [0.05, 0.1) is 35.1 Å². The fourth-order valence-corrected chi connectivity index (χ4v) is 6.32. The summed E-state index contributed by atoms with van der Waals surface area (Å²) in [6, 6.07) is 21.0. The number of carbonyl (C=O) groups is 4. The summed E-state index contributed by atoms with van der Waals surface area (Å²) in [7, 11) is 1.54. The third kappa shape index (κ3) is 4.03. The normalized spacial score (nSPS) is 23.4. The van der Waals surface area contributed by atoms with Crippen LogP contribution in [0.15, 0.2) is 107 Å². The van der Waals surface area contributed by atoms with Crippen molar-refractivity contribution < 1.29 is 23.9 Å². The first kappa shape index (κ1) is 25.0. The fourth-order valence-electron chi connectivity index (χ4n) is 5.78. The molecule has 3 aromatic carbocycles. The van der Waals surface area contributed by atoms with E-state index in [1.165, 1.54) is 12.0 Å². The maximum absolute atomic E-state index is 14.0. The molecule has 7 nitrogen and oxygen atoms in total. The number of nitrogens with zero attached hydrogens (tertiary/aromatic N) is 2. The highest BCUT2D eigenvalue weighted by molar-refractivity contribution is 9.10. The molecule has 6 rings (SSSR count). The molecule has 0 spiro atoms. The van der Waals surface area contributed by atoms with E-state index >= 15 is 0 Å². The summed E-state index contributed by atoms with van der Waals surface area (Å²) in [4.78, 5) is 57.9. The number of carbonyl (C=O) groups excluding carboxylic acids is 4. The van der Waals surface area contributed by atoms with Crippen molar-refractivity contribution in [2.24, 2.45) is 11.8 Å². The van der Waals surface area contributed by atoms with Crippen molar-refractivity contribution in [3.63, 3.8) is 0 Å². The van der Waals surface area contributed by atoms with Gasteiger partial charge in [-0.05, 0) is 52.3 Å². The van der Waals surface area contributed by atoms with Gasteiger partial charge in [-0.1, -0.05) is 54.6 Å². The third-order valence-corrected chi connectivity index (χ3v) is 8.19. The van der Waals surface area contributed by atoms with Crippen molar-refractivity contribution in [2.75, 3.05) is 12.0 Å². The lowest BCUT2D eigenvalue weighted by atomic mass is 9.85. The molecule has 194 valence electrons. The fraction of sp³-hybridized carbons (Fsp3) is 0.161. The van der Waals surface area contributed by atoms with Crippen LogP contribution in [0.25, 0.3) is 0 Å². The molecule has 39 heavy (non-hydrogen) atoms. The van der Waals surface area contributed by atoms with Crippen molar-refractivity contribution in [2.45, 2.75) is 12.1 Å². The number of amides is 2. The molecule has 0 bridgehead atoms. The molecule has 3 aliphatic heterocycles. The number of Topliss-reactive ketones (excluding diaryl/α,β-unsaturated/α-hetero) is 2. The molecule has 0 N–H and O–H groups in total. The van der Waals surface area contributed by atoms with Crippen LogP contribution in [-0.2, 0) is 9.59 Å². The molecular formula is C31H23BrN2O5. The lowest BCUT2D eigenvalue weighted by Crippen LogP contribution is -2.46. The quantitative estimate of drug-likeness (QED) is 0.305. The van der Waals surface area contributed by atoms with E-state index in [1.807, 2.05) is 6.07 Å². The van der Waals surface area contributed by atoms with Crippen molar-refractivity contribution in [3.8, 4) is 5.75 Å². The summed E-state index contributed by atoms with van der Waals surface area (Å²) < 4.78 is 5.90.